The van der Waals surface area contributed by atoms with Gasteiger partial charge in [-0.3, -0.25) is 4.98 Å². The number of ether oxygens (including phenoxy) is 2. The fourth-order valence-electron chi connectivity index (χ4n) is 3.02. The lowest BCUT2D eigenvalue weighted by Crippen LogP contribution is -2.50. The van der Waals surface area contributed by atoms with Gasteiger partial charge in [-0.05, 0) is 69.5 Å². The fourth-order valence-corrected chi connectivity index (χ4v) is 3.02. The summed E-state index contributed by atoms with van der Waals surface area (Å²) in [6.07, 6.45) is 0.896. The van der Waals surface area contributed by atoms with Gasteiger partial charge in [0.25, 0.3) is 0 Å². The summed E-state index contributed by atoms with van der Waals surface area (Å²) in [6, 6.07) is 12.8. The number of amides is 1. The van der Waals surface area contributed by atoms with Gasteiger partial charge in [0.15, 0.2) is 0 Å². The lowest BCUT2D eigenvalue weighted by Gasteiger charge is -2.27. The number of hydrogen-bond acceptors (Lipinski definition) is 6. The second-order valence-corrected chi connectivity index (χ2v) is 9.33. The van der Waals surface area contributed by atoms with Crippen molar-refractivity contribution in [1.82, 2.24) is 15.6 Å². The minimum atomic E-state index is -0.763. The van der Waals surface area contributed by atoms with Gasteiger partial charge in [0.1, 0.15) is 18.0 Å². The van der Waals surface area contributed by atoms with Crippen molar-refractivity contribution < 1.29 is 19.4 Å². The van der Waals surface area contributed by atoms with Crippen molar-refractivity contribution in [3.05, 3.63) is 59.9 Å². The number of alkyl carbamates (subject to hydrolysis) is 1. The molecular formula is C25H37N3O4. The number of aromatic nitrogens is 1. The molecule has 7 nitrogen and oxygen atoms in total. The Morgan fingerprint density at radius 3 is 2.41 bits per heavy atom. The molecule has 0 saturated heterocycles. The molecule has 1 heterocycles. The predicted octanol–water partition coefficient (Wildman–Crippen LogP) is 3.70. The van der Waals surface area contributed by atoms with E-state index in [9.17, 15) is 9.90 Å². The molecule has 1 unspecified atom stereocenters. The van der Waals surface area contributed by atoms with Crippen LogP contribution in [-0.4, -0.2) is 47.0 Å². The monoisotopic (exact) mass is 443 g/mol. The maximum atomic E-state index is 12.3. The van der Waals surface area contributed by atoms with E-state index in [0.717, 1.165) is 23.6 Å². The van der Waals surface area contributed by atoms with Crippen molar-refractivity contribution in [2.75, 3.05) is 13.1 Å². The minimum Gasteiger partial charge on any atom is -0.487 e. The van der Waals surface area contributed by atoms with Crippen molar-refractivity contribution in [1.29, 1.82) is 0 Å². The topological polar surface area (TPSA) is 92.7 Å². The van der Waals surface area contributed by atoms with Crippen molar-refractivity contribution in [3.63, 3.8) is 0 Å². The summed E-state index contributed by atoms with van der Waals surface area (Å²) in [4.78, 5) is 16.6. The van der Waals surface area contributed by atoms with Crippen LogP contribution in [0.1, 0.15) is 45.9 Å². The van der Waals surface area contributed by atoms with Gasteiger partial charge in [0.05, 0.1) is 17.8 Å². The molecule has 0 saturated carbocycles. The molecule has 0 radical (unpaired) electrons. The quantitative estimate of drug-likeness (QED) is 0.490. The Morgan fingerprint density at radius 1 is 1.09 bits per heavy atom. The van der Waals surface area contributed by atoms with Crippen LogP contribution in [0.15, 0.2) is 48.7 Å². The normalized spacial score (nSPS) is 13.5. The van der Waals surface area contributed by atoms with Crippen LogP contribution < -0.4 is 15.4 Å². The standard InChI is InChI=1S/C25H37N3O4/c1-18(2)15-26-16-23(29)22(28-24(30)32-25(3,4)5)14-19-9-11-21(12-10-19)31-17-20-8-6-7-13-27-20/h6-13,18,22-23,26,29H,14-17H2,1-5H3,(H,28,30)/t22-,23?/m0/s1. The van der Waals surface area contributed by atoms with Gasteiger partial charge in [-0.1, -0.05) is 32.0 Å². The summed E-state index contributed by atoms with van der Waals surface area (Å²) in [6.45, 7) is 11.2. The van der Waals surface area contributed by atoms with E-state index < -0.39 is 23.8 Å². The first-order valence-corrected chi connectivity index (χ1v) is 11.1. The number of hydrogen-bond donors (Lipinski definition) is 3. The zero-order valence-electron chi connectivity index (χ0n) is 19.8. The predicted molar refractivity (Wildman–Crippen MR) is 126 cm³/mol. The van der Waals surface area contributed by atoms with E-state index in [1.807, 2.05) is 63.2 Å². The highest BCUT2D eigenvalue weighted by molar-refractivity contribution is 5.68. The molecule has 176 valence electrons. The smallest absolute Gasteiger partial charge is 0.407 e. The van der Waals surface area contributed by atoms with Crippen LogP contribution in [0.4, 0.5) is 4.79 Å². The number of aliphatic hydroxyl groups is 1. The molecule has 0 fully saturated rings. The maximum Gasteiger partial charge on any atom is 0.407 e. The Bertz CT molecular complexity index is 804. The number of benzene rings is 1. The maximum absolute atomic E-state index is 12.3. The molecule has 2 atom stereocenters. The van der Waals surface area contributed by atoms with E-state index in [4.69, 9.17) is 9.47 Å². The van der Waals surface area contributed by atoms with Crippen LogP contribution in [0.25, 0.3) is 0 Å². The molecule has 1 aromatic carbocycles. The molecule has 0 bridgehead atoms. The number of rotatable bonds is 11. The van der Waals surface area contributed by atoms with Gasteiger partial charge < -0.3 is 25.2 Å². The fraction of sp³-hybridized carbons (Fsp3) is 0.520. The molecule has 1 aromatic heterocycles. The summed E-state index contributed by atoms with van der Waals surface area (Å²) in [5.41, 5.74) is 1.22. The molecule has 3 N–H and O–H groups in total. The largest absolute Gasteiger partial charge is 0.487 e. The highest BCUT2D eigenvalue weighted by Gasteiger charge is 2.25. The summed E-state index contributed by atoms with van der Waals surface area (Å²) in [7, 11) is 0. The summed E-state index contributed by atoms with van der Waals surface area (Å²) < 4.78 is 11.2. The number of pyridine rings is 1. The molecule has 7 heteroatoms. The molecular weight excluding hydrogens is 406 g/mol. The Balaban J connectivity index is 1.98. The Labute approximate surface area is 191 Å². The number of carbonyl (C=O) groups excluding carboxylic acids is 1. The van der Waals surface area contributed by atoms with Crippen LogP contribution in [0.2, 0.25) is 0 Å². The minimum absolute atomic E-state index is 0.379. The first-order valence-electron chi connectivity index (χ1n) is 11.1. The summed E-state index contributed by atoms with van der Waals surface area (Å²) in [5.74, 6) is 1.20. The van der Waals surface area contributed by atoms with E-state index in [-0.39, 0.29) is 0 Å². The highest BCUT2D eigenvalue weighted by atomic mass is 16.6. The van der Waals surface area contributed by atoms with E-state index in [1.165, 1.54) is 0 Å². The molecule has 0 spiro atoms. The van der Waals surface area contributed by atoms with Crippen LogP contribution >= 0.6 is 0 Å². The molecule has 2 aromatic rings. The van der Waals surface area contributed by atoms with Crippen LogP contribution in [0.3, 0.4) is 0 Å². The highest BCUT2D eigenvalue weighted by Crippen LogP contribution is 2.16. The third-order valence-corrected chi connectivity index (χ3v) is 4.56. The summed E-state index contributed by atoms with van der Waals surface area (Å²) >= 11 is 0. The Kier molecular flexibility index (Phi) is 9.94. The SMILES string of the molecule is CC(C)CNCC(O)[C@H](Cc1ccc(OCc2ccccn2)cc1)NC(=O)OC(C)(C)C. The van der Waals surface area contributed by atoms with Gasteiger partial charge in [-0.15, -0.1) is 0 Å². The van der Waals surface area contributed by atoms with Crippen LogP contribution in [0, 0.1) is 5.92 Å². The first kappa shape index (κ1) is 25.6. The lowest BCUT2D eigenvalue weighted by atomic mass is 10.0. The van der Waals surface area contributed by atoms with Gasteiger partial charge in [0.2, 0.25) is 0 Å². The molecule has 1 amide bonds. The van der Waals surface area contributed by atoms with E-state index >= 15 is 0 Å². The summed E-state index contributed by atoms with van der Waals surface area (Å²) in [5, 5.41) is 16.8. The van der Waals surface area contributed by atoms with Crippen molar-refractivity contribution in [2.45, 2.75) is 65.4 Å². The third-order valence-electron chi connectivity index (χ3n) is 4.56. The Hall–Kier alpha value is -2.64. The van der Waals surface area contributed by atoms with E-state index in [0.29, 0.717) is 25.5 Å². The van der Waals surface area contributed by atoms with E-state index in [1.54, 1.807) is 6.20 Å². The van der Waals surface area contributed by atoms with Crippen LogP contribution in [-0.2, 0) is 17.8 Å². The number of carbonyl (C=O) groups is 1. The molecule has 0 aliphatic heterocycles. The second-order valence-electron chi connectivity index (χ2n) is 9.33. The van der Waals surface area contributed by atoms with Crippen LogP contribution in [0.5, 0.6) is 5.75 Å². The average Bonchev–Trinajstić information content (AvgIpc) is 2.72. The molecule has 32 heavy (non-hydrogen) atoms. The zero-order valence-corrected chi connectivity index (χ0v) is 19.8. The van der Waals surface area contributed by atoms with Gasteiger partial charge in [-0.25, -0.2) is 4.79 Å². The number of nitrogens with zero attached hydrogens (tertiary/aromatic N) is 1. The lowest BCUT2D eigenvalue weighted by molar-refractivity contribution is 0.0422. The van der Waals surface area contributed by atoms with Gasteiger partial charge in [-0.2, -0.15) is 0 Å². The molecule has 2 rings (SSSR count). The Morgan fingerprint density at radius 2 is 1.81 bits per heavy atom. The van der Waals surface area contributed by atoms with Gasteiger partial charge >= 0.3 is 6.09 Å². The van der Waals surface area contributed by atoms with Crippen molar-refractivity contribution in [3.8, 4) is 5.75 Å². The third kappa shape index (κ3) is 10.1. The second kappa shape index (κ2) is 12.4. The number of aliphatic hydroxyl groups excluding tert-OH is 1. The van der Waals surface area contributed by atoms with E-state index in [2.05, 4.69) is 29.5 Å². The zero-order chi connectivity index (χ0) is 23.6. The van der Waals surface area contributed by atoms with Crippen molar-refractivity contribution in [2.24, 2.45) is 5.92 Å². The molecule has 0 aliphatic carbocycles. The van der Waals surface area contributed by atoms with Gasteiger partial charge in [0, 0.05) is 12.7 Å². The first-order chi connectivity index (χ1) is 15.1. The van der Waals surface area contributed by atoms with Crippen molar-refractivity contribution >= 4 is 6.09 Å². The molecule has 0 aliphatic rings. The number of nitrogens with one attached hydrogen (secondary N) is 2. The average molecular weight is 444 g/mol.